The smallest absolute Gasteiger partial charge is 0.311 e. The highest BCUT2D eigenvalue weighted by Gasteiger charge is 2.17. The minimum atomic E-state index is -0.486. The number of nitrogens with one attached hydrogen (secondary N) is 1. The largest absolute Gasteiger partial charge is 0.479 e. The molecule has 9 heteroatoms. The van der Waals surface area contributed by atoms with Crippen LogP contribution in [-0.4, -0.2) is 55.1 Å². The number of benzene rings is 1. The second-order valence-electron chi connectivity index (χ2n) is 6.85. The molecule has 0 spiro atoms. The van der Waals surface area contributed by atoms with Crippen LogP contribution >= 0.6 is 0 Å². The number of hydrogen-bond acceptors (Lipinski definition) is 7. The average Bonchev–Trinajstić information content (AvgIpc) is 3.20. The highest BCUT2D eigenvalue weighted by atomic mass is 16.6. The van der Waals surface area contributed by atoms with Crippen molar-refractivity contribution in [1.82, 2.24) is 10.2 Å². The van der Waals surface area contributed by atoms with Gasteiger partial charge in [0, 0.05) is 25.7 Å². The Balaban J connectivity index is 1.45. The van der Waals surface area contributed by atoms with Crippen LogP contribution in [-0.2, 0) is 11.3 Å². The SMILES string of the molecule is Cc1ccc(OCc2ccc(C(=O)NCCCN3CCOCC3)o2)c([N+](=O)[O-])c1. The summed E-state index contributed by atoms with van der Waals surface area (Å²) in [5.74, 6) is 0.470. The van der Waals surface area contributed by atoms with Crippen LogP contribution < -0.4 is 10.1 Å². The summed E-state index contributed by atoms with van der Waals surface area (Å²) in [6, 6.07) is 7.94. The van der Waals surface area contributed by atoms with E-state index in [0.29, 0.717) is 12.3 Å². The average molecular weight is 403 g/mol. The fourth-order valence-electron chi connectivity index (χ4n) is 3.04. The summed E-state index contributed by atoms with van der Waals surface area (Å²) in [6.45, 7) is 6.60. The summed E-state index contributed by atoms with van der Waals surface area (Å²) in [7, 11) is 0. The van der Waals surface area contributed by atoms with E-state index in [1.807, 2.05) is 0 Å². The van der Waals surface area contributed by atoms with Crippen molar-refractivity contribution in [3.8, 4) is 5.75 Å². The Bertz CT molecular complexity index is 844. The van der Waals surface area contributed by atoms with Gasteiger partial charge in [0.1, 0.15) is 12.4 Å². The van der Waals surface area contributed by atoms with E-state index < -0.39 is 4.92 Å². The van der Waals surface area contributed by atoms with Gasteiger partial charge in [-0.3, -0.25) is 19.8 Å². The second kappa shape index (κ2) is 10.0. The van der Waals surface area contributed by atoms with E-state index >= 15 is 0 Å². The van der Waals surface area contributed by atoms with Gasteiger partial charge in [0.15, 0.2) is 11.5 Å². The lowest BCUT2D eigenvalue weighted by molar-refractivity contribution is -0.386. The van der Waals surface area contributed by atoms with Crippen LogP contribution in [0.2, 0.25) is 0 Å². The van der Waals surface area contributed by atoms with Crippen molar-refractivity contribution in [3.63, 3.8) is 0 Å². The number of nitro groups is 1. The first kappa shape index (κ1) is 20.8. The molecule has 0 aliphatic carbocycles. The molecule has 0 bridgehead atoms. The maximum Gasteiger partial charge on any atom is 0.311 e. The van der Waals surface area contributed by atoms with Gasteiger partial charge < -0.3 is 19.2 Å². The molecule has 1 aromatic carbocycles. The molecule has 2 heterocycles. The number of furan rings is 1. The van der Waals surface area contributed by atoms with Crippen LogP contribution in [0.25, 0.3) is 0 Å². The van der Waals surface area contributed by atoms with E-state index in [9.17, 15) is 14.9 Å². The molecule has 1 aliphatic heterocycles. The first-order valence-electron chi connectivity index (χ1n) is 9.58. The van der Waals surface area contributed by atoms with Crippen molar-refractivity contribution >= 4 is 11.6 Å². The highest BCUT2D eigenvalue weighted by Crippen LogP contribution is 2.28. The summed E-state index contributed by atoms with van der Waals surface area (Å²) >= 11 is 0. The summed E-state index contributed by atoms with van der Waals surface area (Å²) in [5.41, 5.74) is 0.671. The third-order valence-corrected chi connectivity index (χ3v) is 4.61. The number of carbonyl (C=O) groups excluding carboxylic acids is 1. The minimum Gasteiger partial charge on any atom is -0.479 e. The van der Waals surface area contributed by atoms with E-state index in [1.165, 1.54) is 6.07 Å². The third-order valence-electron chi connectivity index (χ3n) is 4.61. The zero-order valence-electron chi connectivity index (χ0n) is 16.4. The second-order valence-corrected chi connectivity index (χ2v) is 6.85. The summed E-state index contributed by atoms with van der Waals surface area (Å²) in [6.07, 6.45) is 0.847. The van der Waals surface area contributed by atoms with Gasteiger partial charge in [-0.05, 0) is 43.7 Å². The van der Waals surface area contributed by atoms with E-state index in [0.717, 1.165) is 44.8 Å². The zero-order chi connectivity index (χ0) is 20.6. The Morgan fingerprint density at radius 3 is 2.83 bits per heavy atom. The molecule has 3 rings (SSSR count). The van der Waals surface area contributed by atoms with Gasteiger partial charge in [0.25, 0.3) is 5.91 Å². The van der Waals surface area contributed by atoms with Crippen molar-refractivity contribution < 1.29 is 23.6 Å². The lowest BCUT2D eigenvalue weighted by atomic mass is 10.2. The molecule has 0 saturated carbocycles. The van der Waals surface area contributed by atoms with Crippen LogP contribution in [0.4, 0.5) is 5.69 Å². The van der Waals surface area contributed by atoms with E-state index in [4.69, 9.17) is 13.9 Å². The Hall–Kier alpha value is -2.91. The molecule has 9 nitrogen and oxygen atoms in total. The highest BCUT2D eigenvalue weighted by molar-refractivity contribution is 5.91. The topological polar surface area (TPSA) is 107 Å². The van der Waals surface area contributed by atoms with Gasteiger partial charge in [-0.25, -0.2) is 0 Å². The molecule has 156 valence electrons. The van der Waals surface area contributed by atoms with Gasteiger partial charge in [-0.15, -0.1) is 0 Å². The van der Waals surface area contributed by atoms with Crippen molar-refractivity contribution in [2.75, 3.05) is 39.4 Å². The molecule has 1 saturated heterocycles. The number of carbonyl (C=O) groups is 1. The normalized spacial score (nSPS) is 14.5. The van der Waals surface area contributed by atoms with Gasteiger partial charge in [-0.1, -0.05) is 6.07 Å². The fraction of sp³-hybridized carbons (Fsp3) is 0.450. The number of nitrogens with zero attached hydrogens (tertiary/aromatic N) is 2. The third kappa shape index (κ3) is 6.03. The molecule has 1 amide bonds. The Labute approximate surface area is 168 Å². The number of nitro benzene ring substituents is 1. The van der Waals surface area contributed by atoms with Crippen LogP contribution in [0, 0.1) is 17.0 Å². The molecule has 0 unspecified atom stereocenters. The van der Waals surface area contributed by atoms with E-state index in [-0.39, 0.29) is 29.7 Å². The summed E-state index contributed by atoms with van der Waals surface area (Å²) < 4.78 is 16.3. The van der Waals surface area contributed by atoms with Crippen molar-refractivity contribution in [2.24, 2.45) is 0 Å². The zero-order valence-corrected chi connectivity index (χ0v) is 16.4. The Morgan fingerprint density at radius 2 is 2.07 bits per heavy atom. The number of ether oxygens (including phenoxy) is 2. The molecular weight excluding hydrogens is 378 g/mol. The van der Waals surface area contributed by atoms with Crippen LogP contribution in [0.5, 0.6) is 5.75 Å². The molecule has 1 fully saturated rings. The van der Waals surface area contributed by atoms with Crippen molar-refractivity contribution in [1.29, 1.82) is 0 Å². The van der Waals surface area contributed by atoms with Crippen LogP contribution in [0.15, 0.2) is 34.7 Å². The number of aryl methyl sites for hydroxylation is 1. The predicted molar refractivity (Wildman–Crippen MR) is 105 cm³/mol. The van der Waals surface area contributed by atoms with Gasteiger partial charge in [0.05, 0.1) is 18.1 Å². The van der Waals surface area contributed by atoms with Gasteiger partial charge in [0.2, 0.25) is 0 Å². The van der Waals surface area contributed by atoms with E-state index in [1.54, 1.807) is 31.2 Å². The Morgan fingerprint density at radius 1 is 1.28 bits per heavy atom. The van der Waals surface area contributed by atoms with E-state index in [2.05, 4.69) is 10.2 Å². The molecule has 1 aromatic heterocycles. The molecule has 29 heavy (non-hydrogen) atoms. The number of rotatable bonds is 9. The molecule has 1 N–H and O–H groups in total. The Kier molecular flexibility index (Phi) is 7.20. The maximum absolute atomic E-state index is 12.2. The molecule has 2 aromatic rings. The van der Waals surface area contributed by atoms with Crippen LogP contribution in [0.1, 0.15) is 28.3 Å². The van der Waals surface area contributed by atoms with Gasteiger partial charge >= 0.3 is 5.69 Å². The number of amides is 1. The standard InChI is InChI=1S/C20H25N3O6/c1-15-3-5-18(17(13-15)23(25)26)28-14-16-4-6-19(29-16)20(24)21-7-2-8-22-9-11-27-12-10-22/h3-6,13H,2,7-12,14H2,1H3,(H,21,24). The number of hydrogen-bond donors (Lipinski definition) is 1. The lowest BCUT2D eigenvalue weighted by Crippen LogP contribution is -2.38. The number of morpholine rings is 1. The lowest BCUT2D eigenvalue weighted by Gasteiger charge is -2.26. The quantitative estimate of drug-likeness (QED) is 0.389. The minimum absolute atomic E-state index is 0.00574. The monoisotopic (exact) mass is 403 g/mol. The first-order chi connectivity index (χ1) is 14.0. The van der Waals surface area contributed by atoms with Gasteiger partial charge in [-0.2, -0.15) is 0 Å². The first-order valence-corrected chi connectivity index (χ1v) is 9.58. The molecular formula is C20H25N3O6. The maximum atomic E-state index is 12.2. The fourth-order valence-corrected chi connectivity index (χ4v) is 3.04. The van der Waals surface area contributed by atoms with Crippen LogP contribution in [0.3, 0.4) is 0 Å². The summed E-state index contributed by atoms with van der Waals surface area (Å²) in [4.78, 5) is 25.2. The molecule has 0 radical (unpaired) electrons. The van der Waals surface area contributed by atoms with Crippen molar-refractivity contribution in [3.05, 3.63) is 57.5 Å². The predicted octanol–water partition coefficient (Wildman–Crippen LogP) is 2.53. The molecule has 1 aliphatic rings. The van der Waals surface area contributed by atoms with Crippen molar-refractivity contribution in [2.45, 2.75) is 20.0 Å². The summed E-state index contributed by atoms with van der Waals surface area (Å²) in [5, 5.41) is 14.0. The molecule has 0 atom stereocenters.